The highest BCUT2D eigenvalue weighted by Gasteiger charge is 2.28. The number of hydrogen-bond acceptors (Lipinski definition) is 4. The molecule has 0 bridgehead atoms. The van der Waals surface area contributed by atoms with Gasteiger partial charge in [0.05, 0.1) is 6.54 Å². The third kappa shape index (κ3) is 4.74. The van der Waals surface area contributed by atoms with Gasteiger partial charge in [-0.05, 0) is 31.9 Å². The van der Waals surface area contributed by atoms with Gasteiger partial charge in [-0.25, -0.2) is 8.78 Å². The molecular formula is C20H23F2N3O3. The first-order chi connectivity index (χ1) is 13.5. The van der Waals surface area contributed by atoms with Gasteiger partial charge in [0.25, 0.3) is 11.8 Å². The summed E-state index contributed by atoms with van der Waals surface area (Å²) < 4.78 is 32.4. The zero-order valence-electron chi connectivity index (χ0n) is 15.7. The van der Waals surface area contributed by atoms with Gasteiger partial charge >= 0.3 is 0 Å². The molecule has 1 aromatic heterocycles. The van der Waals surface area contributed by atoms with Crippen molar-refractivity contribution in [3.05, 3.63) is 52.9 Å². The molecule has 0 atom stereocenters. The van der Waals surface area contributed by atoms with Gasteiger partial charge in [-0.15, -0.1) is 0 Å². The highest BCUT2D eigenvalue weighted by Crippen LogP contribution is 2.26. The molecule has 1 saturated carbocycles. The van der Waals surface area contributed by atoms with E-state index < -0.39 is 17.5 Å². The Labute approximate surface area is 161 Å². The van der Waals surface area contributed by atoms with Crippen molar-refractivity contribution in [1.29, 1.82) is 0 Å². The SMILES string of the molecule is CCNC(=O)c1cc(CN(C(=O)c2cc(F)cc(F)c2)C2CCCCC2)on1. The fraction of sp³-hybridized carbons (Fsp3) is 0.450. The molecule has 3 rings (SSSR count). The van der Waals surface area contributed by atoms with Crippen LogP contribution in [0.1, 0.15) is 65.6 Å². The summed E-state index contributed by atoms with van der Waals surface area (Å²) in [6, 6.07) is 4.21. The summed E-state index contributed by atoms with van der Waals surface area (Å²) >= 11 is 0. The molecule has 1 fully saturated rings. The molecule has 0 unspecified atom stereocenters. The van der Waals surface area contributed by atoms with Crippen LogP contribution in [0.2, 0.25) is 0 Å². The molecule has 2 aromatic rings. The maximum absolute atomic E-state index is 13.6. The molecule has 0 saturated heterocycles. The number of carbonyl (C=O) groups excluding carboxylic acids is 2. The molecule has 2 amide bonds. The van der Waals surface area contributed by atoms with E-state index in [1.807, 2.05) is 0 Å². The summed E-state index contributed by atoms with van der Waals surface area (Å²) in [4.78, 5) is 26.5. The molecule has 6 nitrogen and oxygen atoms in total. The Morgan fingerprint density at radius 3 is 2.46 bits per heavy atom. The number of carbonyl (C=O) groups is 2. The lowest BCUT2D eigenvalue weighted by Crippen LogP contribution is -2.41. The summed E-state index contributed by atoms with van der Waals surface area (Å²) in [7, 11) is 0. The molecular weight excluding hydrogens is 368 g/mol. The zero-order valence-corrected chi connectivity index (χ0v) is 15.7. The number of aromatic nitrogens is 1. The van der Waals surface area contributed by atoms with Crippen molar-refractivity contribution in [3.63, 3.8) is 0 Å². The second-order valence-electron chi connectivity index (χ2n) is 6.92. The summed E-state index contributed by atoms with van der Waals surface area (Å²) in [5.41, 5.74) is 0.0798. The van der Waals surface area contributed by atoms with E-state index in [4.69, 9.17) is 4.52 Å². The van der Waals surface area contributed by atoms with E-state index in [0.29, 0.717) is 12.3 Å². The largest absolute Gasteiger partial charge is 0.359 e. The molecule has 1 heterocycles. The lowest BCUT2D eigenvalue weighted by molar-refractivity contribution is 0.0589. The molecule has 1 aliphatic rings. The van der Waals surface area contributed by atoms with Crippen LogP contribution in [0.15, 0.2) is 28.8 Å². The first-order valence-corrected chi connectivity index (χ1v) is 9.48. The first-order valence-electron chi connectivity index (χ1n) is 9.48. The third-order valence-electron chi connectivity index (χ3n) is 4.84. The number of hydrogen-bond donors (Lipinski definition) is 1. The summed E-state index contributed by atoms with van der Waals surface area (Å²) in [6.45, 7) is 2.33. The van der Waals surface area contributed by atoms with Crippen LogP contribution in [-0.2, 0) is 6.54 Å². The molecule has 8 heteroatoms. The van der Waals surface area contributed by atoms with E-state index in [1.165, 1.54) is 6.07 Å². The minimum absolute atomic E-state index is 0.0495. The van der Waals surface area contributed by atoms with Crippen molar-refractivity contribution in [1.82, 2.24) is 15.4 Å². The van der Waals surface area contributed by atoms with E-state index in [0.717, 1.165) is 50.3 Å². The normalized spacial score (nSPS) is 14.7. The highest BCUT2D eigenvalue weighted by atomic mass is 19.1. The van der Waals surface area contributed by atoms with Crippen molar-refractivity contribution in [2.24, 2.45) is 0 Å². The zero-order chi connectivity index (χ0) is 20.1. The van der Waals surface area contributed by atoms with Crippen molar-refractivity contribution in [2.45, 2.75) is 51.6 Å². The molecule has 0 aliphatic heterocycles. The maximum Gasteiger partial charge on any atom is 0.273 e. The number of nitrogens with one attached hydrogen (secondary N) is 1. The number of benzene rings is 1. The first kappa shape index (κ1) is 20.0. The third-order valence-corrected chi connectivity index (χ3v) is 4.84. The molecule has 1 aliphatic carbocycles. The molecule has 150 valence electrons. The van der Waals surface area contributed by atoms with E-state index in [2.05, 4.69) is 10.5 Å². The van der Waals surface area contributed by atoms with Gasteiger partial charge in [0.2, 0.25) is 0 Å². The summed E-state index contributed by atoms with van der Waals surface area (Å²) in [6.07, 6.45) is 4.66. The van der Waals surface area contributed by atoms with Gasteiger partial charge in [-0.2, -0.15) is 0 Å². The Kier molecular flexibility index (Phi) is 6.38. The second-order valence-corrected chi connectivity index (χ2v) is 6.92. The molecule has 1 N–H and O–H groups in total. The van der Waals surface area contributed by atoms with Gasteiger partial charge in [0.1, 0.15) is 11.6 Å². The van der Waals surface area contributed by atoms with Crippen LogP contribution in [0.5, 0.6) is 0 Å². The van der Waals surface area contributed by atoms with Gasteiger partial charge in [-0.1, -0.05) is 24.4 Å². The predicted octanol–water partition coefficient (Wildman–Crippen LogP) is 3.68. The van der Waals surface area contributed by atoms with Crippen molar-refractivity contribution < 1.29 is 22.9 Å². The fourth-order valence-corrected chi connectivity index (χ4v) is 3.52. The van der Waals surface area contributed by atoms with E-state index >= 15 is 0 Å². The quantitative estimate of drug-likeness (QED) is 0.815. The average Bonchev–Trinajstić information content (AvgIpc) is 3.14. The van der Waals surface area contributed by atoms with Gasteiger partial charge < -0.3 is 14.7 Å². The number of nitrogens with zero attached hydrogens (tertiary/aromatic N) is 2. The van der Waals surface area contributed by atoms with Crippen LogP contribution in [-0.4, -0.2) is 34.5 Å². The predicted molar refractivity (Wildman–Crippen MR) is 97.6 cm³/mol. The van der Waals surface area contributed by atoms with Crippen LogP contribution in [0.25, 0.3) is 0 Å². The Balaban J connectivity index is 1.85. The smallest absolute Gasteiger partial charge is 0.273 e. The van der Waals surface area contributed by atoms with Crippen molar-refractivity contribution in [2.75, 3.05) is 6.54 Å². The lowest BCUT2D eigenvalue weighted by atomic mass is 9.93. The Bertz CT molecular complexity index is 827. The van der Waals surface area contributed by atoms with Gasteiger partial charge in [0.15, 0.2) is 11.5 Å². The van der Waals surface area contributed by atoms with Crippen LogP contribution in [0, 0.1) is 11.6 Å². The monoisotopic (exact) mass is 391 g/mol. The van der Waals surface area contributed by atoms with Crippen molar-refractivity contribution in [3.8, 4) is 0 Å². The van der Waals surface area contributed by atoms with E-state index in [1.54, 1.807) is 11.8 Å². The fourth-order valence-electron chi connectivity index (χ4n) is 3.52. The van der Waals surface area contributed by atoms with Crippen LogP contribution >= 0.6 is 0 Å². The van der Waals surface area contributed by atoms with Crippen LogP contribution in [0.4, 0.5) is 8.78 Å². The number of halogens is 2. The molecule has 0 radical (unpaired) electrons. The Hall–Kier alpha value is -2.77. The number of amides is 2. The standard InChI is InChI=1S/C20H23F2N3O3/c1-2-23-19(26)18-11-17(28-24-18)12-25(16-6-4-3-5-7-16)20(27)13-8-14(21)10-15(22)9-13/h8-11,16H,2-7,12H2,1H3,(H,23,26). The van der Waals surface area contributed by atoms with Crippen molar-refractivity contribution >= 4 is 11.8 Å². The minimum atomic E-state index is -0.801. The van der Waals surface area contributed by atoms with E-state index in [9.17, 15) is 18.4 Å². The molecule has 1 aromatic carbocycles. The Morgan fingerprint density at radius 2 is 1.82 bits per heavy atom. The summed E-state index contributed by atoms with van der Waals surface area (Å²) in [5, 5.41) is 6.38. The van der Waals surface area contributed by atoms with Crippen LogP contribution in [0.3, 0.4) is 0 Å². The van der Waals surface area contributed by atoms with Gasteiger partial charge in [-0.3, -0.25) is 9.59 Å². The van der Waals surface area contributed by atoms with Gasteiger partial charge in [0, 0.05) is 30.3 Å². The van der Waals surface area contributed by atoms with E-state index in [-0.39, 0.29) is 29.8 Å². The summed E-state index contributed by atoms with van der Waals surface area (Å²) in [5.74, 6) is -2.09. The topological polar surface area (TPSA) is 75.4 Å². The number of rotatable bonds is 6. The average molecular weight is 391 g/mol. The highest BCUT2D eigenvalue weighted by molar-refractivity contribution is 5.94. The second kappa shape index (κ2) is 8.95. The molecule has 0 spiro atoms. The lowest BCUT2D eigenvalue weighted by Gasteiger charge is -2.33. The Morgan fingerprint density at radius 1 is 1.14 bits per heavy atom. The maximum atomic E-state index is 13.6. The molecule has 28 heavy (non-hydrogen) atoms. The van der Waals surface area contributed by atoms with Crippen LogP contribution < -0.4 is 5.32 Å². The minimum Gasteiger partial charge on any atom is -0.359 e.